The van der Waals surface area contributed by atoms with Crippen molar-refractivity contribution in [3.63, 3.8) is 0 Å². The van der Waals surface area contributed by atoms with Crippen LogP contribution >= 0.6 is 11.3 Å². The van der Waals surface area contributed by atoms with Crippen LogP contribution in [0.3, 0.4) is 0 Å². The zero-order valence-electron chi connectivity index (χ0n) is 9.34. The molecular formula is C14H11NOS. The fourth-order valence-corrected chi connectivity index (χ4v) is 2.10. The second-order valence-corrected chi connectivity index (χ2v) is 4.55. The van der Waals surface area contributed by atoms with E-state index >= 15 is 0 Å². The largest absolute Gasteiger partial charge is 0.411 e. The van der Waals surface area contributed by atoms with Gasteiger partial charge in [0, 0.05) is 5.56 Å². The fraction of sp³-hybridized carbons (Fsp3) is 0.0714. The molecule has 2 aromatic rings. The molecule has 0 unspecified atom stereocenters. The smallest absolute Gasteiger partial charge is 0.0936 e. The average molecular weight is 241 g/mol. The van der Waals surface area contributed by atoms with Crippen LogP contribution in [-0.2, 0) is 0 Å². The summed E-state index contributed by atoms with van der Waals surface area (Å²) in [5, 5.41) is 11.8. The van der Waals surface area contributed by atoms with Gasteiger partial charge < -0.3 is 5.21 Å². The maximum absolute atomic E-state index is 8.66. The van der Waals surface area contributed by atoms with Crippen molar-refractivity contribution in [3.8, 4) is 11.8 Å². The minimum absolute atomic E-state index is 0.614. The van der Waals surface area contributed by atoms with Crippen LogP contribution in [0.4, 0.5) is 0 Å². The molecule has 0 aliphatic rings. The normalized spacial score (nSPS) is 10.8. The van der Waals surface area contributed by atoms with Gasteiger partial charge in [0.15, 0.2) is 0 Å². The Balaban J connectivity index is 2.21. The van der Waals surface area contributed by atoms with E-state index in [1.807, 2.05) is 42.5 Å². The predicted molar refractivity (Wildman–Crippen MR) is 70.7 cm³/mol. The number of hydrogen-bond donors (Lipinski definition) is 1. The topological polar surface area (TPSA) is 32.6 Å². The van der Waals surface area contributed by atoms with Gasteiger partial charge in [-0.15, -0.1) is 11.3 Å². The van der Waals surface area contributed by atoms with Crippen molar-refractivity contribution in [2.24, 2.45) is 5.16 Å². The quantitative estimate of drug-likeness (QED) is 0.353. The van der Waals surface area contributed by atoms with E-state index in [-0.39, 0.29) is 0 Å². The summed E-state index contributed by atoms with van der Waals surface area (Å²) in [5.74, 6) is 6.18. The summed E-state index contributed by atoms with van der Waals surface area (Å²) in [6.45, 7) is 1.76. The Morgan fingerprint density at radius 1 is 1.12 bits per heavy atom. The lowest BCUT2D eigenvalue weighted by Crippen LogP contribution is -1.87. The number of nitrogens with zero attached hydrogens (tertiary/aromatic N) is 1. The maximum Gasteiger partial charge on any atom is 0.0936 e. The number of benzene rings is 1. The lowest BCUT2D eigenvalue weighted by molar-refractivity contribution is 0.319. The summed E-state index contributed by atoms with van der Waals surface area (Å²) in [5.41, 5.74) is 1.61. The molecule has 1 aromatic heterocycles. The highest BCUT2D eigenvalue weighted by atomic mass is 32.1. The van der Waals surface area contributed by atoms with E-state index in [2.05, 4.69) is 17.0 Å². The van der Waals surface area contributed by atoms with Crippen LogP contribution in [0.5, 0.6) is 0 Å². The molecule has 2 rings (SSSR count). The summed E-state index contributed by atoms with van der Waals surface area (Å²) in [6.07, 6.45) is 0. The van der Waals surface area contributed by atoms with Crippen molar-refractivity contribution < 1.29 is 5.21 Å². The molecule has 0 saturated heterocycles. The summed E-state index contributed by atoms with van der Waals surface area (Å²) in [6, 6.07) is 13.7. The third-order valence-corrected chi connectivity index (χ3v) is 3.33. The van der Waals surface area contributed by atoms with Crippen LogP contribution in [0.1, 0.15) is 22.2 Å². The maximum atomic E-state index is 8.66. The summed E-state index contributed by atoms with van der Waals surface area (Å²) < 4.78 is 0. The fourth-order valence-electron chi connectivity index (χ4n) is 1.30. The van der Waals surface area contributed by atoms with Gasteiger partial charge in [0.2, 0.25) is 0 Å². The van der Waals surface area contributed by atoms with Gasteiger partial charge in [0.05, 0.1) is 15.5 Å². The predicted octanol–water partition coefficient (Wildman–Crippen LogP) is 3.35. The monoisotopic (exact) mass is 241 g/mol. The van der Waals surface area contributed by atoms with Crippen LogP contribution in [0.15, 0.2) is 47.6 Å². The van der Waals surface area contributed by atoms with Crippen molar-refractivity contribution in [1.29, 1.82) is 0 Å². The molecule has 1 heterocycles. The first kappa shape index (κ1) is 11.4. The molecule has 0 amide bonds. The molecule has 2 nitrogen and oxygen atoms in total. The van der Waals surface area contributed by atoms with E-state index < -0.39 is 0 Å². The summed E-state index contributed by atoms with van der Waals surface area (Å²) in [4.78, 5) is 1.90. The third kappa shape index (κ3) is 2.96. The van der Waals surface area contributed by atoms with Crippen molar-refractivity contribution in [3.05, 3.63) is 57.8 Å². The van der Waals surface area contributed by atoms with Gasteiger partial charge in [-0.25, -0.2) is 0 Å². The van der Waals surface area contributed by atoms with Gasteiger partial charge in [-0.05, 0) is 31.2 Å². The zero-order valence-corrected chi connectivity index (χ0v) is 10.2. The van der Waals surface area contributed by atoms with Crippen LogP contribution in [0, 0.1) is 11.8 Å². The van der Waals surface area contributed by atoms with Crippen molar-refractivity contribution >= 4 is 17.0 Å². The molecule has 0 bridgehead atoms. The van der Waals surface area contributed by atoms with E-state index in [4.69, 9.17) is 5.21 Å². The Bertz CT molecular complexity index is 587. The molecule has 0 radical (unpaired) electrons. The number of thiophene rings is 1. The Morgan fingerprint density at radius 2 is 1.88 bits per heavy atom. The Morgan fingerprint density at radius 3 is 2.59 bits per heavy atom. The first-order valence-electron chi connectivity index (χ1n) is 5.15. The van der Waals surface area contributed by atoms with Gasteiger partial charge in [0.25, 0.3) is 0 Å². The number of rotatable bonds is 1. The molecule has 1 aromatic carbocycles. The van der Waals surface area contributed by atoms with Crippen LogP contribution < -0.4 is 0 Å². The van der Waals surface area contributed by atoms with Crippen molar-refractivity contribution in [1.82, 2.24) is 0 Å². The molecule has 0 aliphatic carbocycles. The molecule has 84 valence electrons. The van der Waals surface area contributed by atoms with Crippen LogP contribution in [0.25, 0.3) is 0 Å². The molecule has 0 fully saturated rings. The van der Waals surface area contributed by atoms with Gasteiger partial charge in [-0.3, -0.25) is 0 Å². The number of oxime groups is 1. The van der Waals surface area contributed by atoms with Gasteiger partial charge >= 0.3 is 0 Å². The Hall–Kier alpha value is -2.05. The lowest BCUT2D eigenvalue weighted by Gasteiger charge is -1.88. The molecule has 1 N–H and O–H groups in total. The average Bonchev–Trinajstić information content (AvgIpc) is 2.85. The van der Waals surface area contributed by atoms with E-state index in [9.17, 15) is 0 Å². The van der Waals surface area contributed by atoms with Crippen molar-refractivity contribution in [2.75, 3.05) is 0 Å². The second-order valence-electron chi connectivity index (χ2n) is 3.47. The highest BCUT2D eigenvalue weighted by Gasteiger charge is 2.01. The van der Waals surface area contributed by atoms with E-state index in [0.29, 0.717) is 5.71 Å². The van der Waals surface area contributed by atoms with Gasteiger partial charge in [-0.2, -0.15) is 0 Å². The molecule has 0 saturated carbocycles. The highest BCUT2D eigenvalue weighted by molar-refractivity contribution is 7.14. The van der Waals surface area contributed by atoms with Crippen LogP contribution in [0.2, 0.25) is 0 Å². The van der Waals surface area contributed by atoms with Gasteiger partial charge in [0.1, 0.15) is 0 Å². The SMILES string of the molecule is C/C(=N/O)c1ccc(C#Cc2ccccc2)s1. The molecule has 17 heavy (non-hydrogen) atoms. The lowest BCUT2D eigenvalue weighted by atomic mass is 10.2. The minimum atomic E-state index is 0.614. The van der Waals surface area contributed by atoms with Gasteiger partial charge in [-0.1, -0.05) is 35.2 Å². The molecule has 0 aliphatic heterocycles. The van der Waals surface area contributed by atoms with E-state index in [0.717, 1.165) is 15.3 Å². The molecular weight excluding hydrogens is 230 g/mol. The minimum Gasteiger partial charge on any atom is -0.411 e. The van der Waals surface area contributed by atoms with Crippen LogP contribution in [-0.4, -0.2) is 10.9 Å². The highest BCUT2D eigenvalue weighted by Crippen LogP contribution is 2.16. The number of hydrogen-bond acceptors (Lipinski definition) is 3. The first-order valence-corrected chi connectivity index (χ1v) is 5.97. The molecule has 0 atom stereocenters. The molecule has 0 spiro atoms. The second kappa shape index (κ2) is 5.33. The van der Waals surface area contributed by atoms with Crippen molar-refractivity contribution in [2.45, 2.75) is 6.92 Å². The first-order chi connectivity index (χ1) is 8.29. The Labute approximate surface area is 104 Å². The van der Waals surface area contributed by atoms with E-state index in [1.54, 1.807) is 6.92 Å². The third-order valence-electron chi connectivity index (χ3n) is 2.22. The summed E-state index contributed by atoms with van der Waals surface area (Å²) >= 11 is 1.52. The summed E-state index contributed by atoms with van der Waals surface area (Å²) in [7, 11) is 0. The Kier molecular flexibility index (Phi) is 3.59. The van der Waals surface area contributed by atoms with E-state index in [1.165, 1.54) is 11.3 Å². The molecule has 3 heteroatoms. The standard InChI is InChI=1S/C14H11NOS/c1-11(15-16)14-10-9-13(17-14)8-7-12-5-3-2-4-6-12/h2-6,9-10,16H,1H3/b15-11-. The zero-order chi connectivity index (χ0) is 12.1.